The second-order valence-corrected chi connectivity index (χ2v) is 8.64. The highest BCUT2D eigenvalue weighted by molar-refractivity contribution is 6.46. The Morgan fingerprint density at radius 1 is 0.944 bits per heavy atom. The smallest absolute Gasteiger partial charge is 0.295 e. The third-order valence-electron chi connectivity index (χ3n) is 6.62. The second kappa shape index (κ2) is 11.5. The van der Waals surface area contributed by atoms with Crippen molar-refractivity contribution >= 4 is 17.4 Å². The van der Waals surface area contributed by atoms with Gasteiger partial charge >= 0.3 is 0 Å². The van der Waals surface area contributed by atoms with E-state index in [1.54, 1.807) is 56.7 Å². The van der Waals surface area contributed by atoms with Gasteiger partial charge in [0.25, 0.3) is 11.7 Å². The Bertz CT molecular complexity index is 1120. The molecule has 1 N–H and O–H groups in total. The van der Waals surface area contributed by atoms with Gasteiger partial charge in [-0.2, -0.15) is 0 Å². The molecule has 1 atom stereocenters. The fourth-order valence-corrected chi connectivity index (χ4v) is 4.67. The van der Waals surface area contributed by atoms with Gasteiger partial charge < -0.3 is 29.0 Å². The summed E-state index contributed by atoms with van der Waals surface area (Å²) in [7, 11) is 4.62. The number of amides is 1. The Kier molecular flexibility index (Phi) is 8.12. The molecule has 9 nitrogen and oxygen atoms in total. The van der Waals surface area contributed by atoms with Crippen molar-refractivity contribution in [3.05, 3.63) is 59.2 Å². The highest BCUT2D eigenvalue weighted by Gasteiger charge is 2.47. The standard InChI is InChI=1S/C27H32N2O7/c1-33-19-7-5-18(6-8-19)25(30)23-24(21-10-9-20(34-2)17-22(21)35-3)29(27(32)26(23)31)12-4-11-28-13-15-36-16-14-28/h5-10,17,24,30H,4,11-16H2,1-3H3/b25-23+/t24-/m1/s1. The van der Waals surface area contributed by atoms with Crippen molar-refractivity contribution in [3.63, 3.8) is 0 Å². The summed E-state index contributed by atoms with van der Waals surface area (Å²) >= 11 is 0. The molecule has 4 rings (SSSR count). The minimum absolute atomic E-state index is 0.0278. The van der Waals surface area contributed by atoms with Crippen molar-refractivity contribution < 1.29 is 33.6 Å². The molecule has 0 spiro atoms. The third-order valence-corrected chi connectivity index (χ3v) is 6.62. The molecule has 2 aliphatic heterocycles. The molecule has 0 bridgehead atoms. The maximum atomic E-state index is 13.3. The highest BCUT2D eigenvalue weighted by Crippen LogP contribution is 2.43. The predicted octanol–water partition coefficient (Wildman–Crippen LogP) is 2.86. The van der Waals surface area contributed by atoms with Gasteiger partial charge in [-0.1, -0.05) is 0 Å². The summed E-state index contributed by atoms with van der Waals surface area (Å²) < 4.78 is 21.5. The topological polar surface area (TPSA) is 97.8 Å². The van der Waals surface area contributed by atoms with E-state index in [4.69, 9.17) is 18.9 Å². The van der Waals surface area contributed by atoms with E-state index in [1.807, 2.05) is 0 Å². The van der Waals surface area contributed by atoms with Crippen LogP contribution in [0, 0.1) is 0 Å². The number of carbonyl (C=O) groups excluding carboxylic acids is 2. The molecule has 0 saturated carbocycles. The lowest BCUT2D eigenvalue weighted by Crippen LogP contribution is -2.39. The Morgan fingerprint density at radius 3 is 2.25 bits per heavy atom. The molecular formula is C27H32N2O7. The molecule has 0 aliphatic carbocycles. The minimum atomic E-state index is -0.808. The fourth-order valence-electron chi connectivity index (χ4n) is 4.67. The summed E-state index contributed by atoms with van der Waals surface area (Å²) in [6.45, 7) is 4.18. The number of likely N-dealkylation sites (tertiary alicyclic amines) is 1. The van der Waals surface area contributed by atoms with Crippen LogP contribution in [0.25, 0.3) is 5.76 Å². The number of carbonyl (C=O) groups is 2. The first-order chi connectivity index (χ1) is 17.5. The van der Waals surface area contributed by atoms with Crippen LogP contribution in [-0.4, -0.2) is 87.3 Å². The Morgan fingerprint density at radius 2 is 1.61 bits per heavy atom. The predicted molar refractivity (Wildman–Crippen MR) is 133 cm³/mol. The number of aliphatic hydroxyl groups is 1. The first kappa shape index (κ1) is 25.5. The molecule has 9 heteroatoms. The zero-order valence-electron chi connectivity index (χ0n) is 20.9. The summed E-state index contributed by atoms with van der Waals surface area (Å²) in [6, 6.07) is 11.1. The average molecular weight is 497 g/mol. The molecule has 2 aromatic carbocycles. The molecule has 2 heterocycles. The van der Waals surface area contributed by atoms with Crippen LogP contribution in [0.15, 0.2) is 48.0 Å². The Labute approximate surface area is 210 Å². The normalized spacial score (nSPS) is 20.0. The van der Waals surface area contributed by atoms with E-state index in [1.165, 1.54) is 12.0 Å². The highest BCUT2D eigenvalue weighted by atomic mass is 16.5. The number of Topliss-reactive ketones (excluding diaryl/α,β-unsaturated/α-hetero) is 1. The van der Waals surface area contributed by atoms with Crippen LogP contribution in [0.4, 0.5) is 0 Å². The molecule has 0 radical (unpaired) electrons. The SMILES string of the molecule is COc1ccc(/C(O)=C2\C(=O)C(=O)N(CCCN3CCOCC3)[C@@H]2c2ccc(OC)cc2OC)cc1. The number of aliphatic hydroxyl groups excluding tert-OH is 1. The summed E-state index contributed by atoms with van der Waals surface area (Å²) in [4.78, 5) is 30.4. The van der Waals surface area contributed by atoms with E-state index in [2.05, 4.69) is 4.90 Å². The van der Waals surface area contributed by atoms with Gasteiger partial charge in [-0.25, -0.2) is 0 Å². The van der Waals surface area contributed by atoms with E-state index in [0.29, 0.717) is 54.6 Å². The Balaban J connectivity index is 1.73. The van der Waals surface area contributed by atoms with E-state index >= 15 is 0 Å². The zero-order valence-corrected chi connectivity index (χ0v) is 20.9. The quantitative estimate of drug-likeness (QED) is 0.322. The summed E-state index contributed by atoms with van der Waals surface area (Å²) in [6.07, 6.45) is 0.671. The molecule has 0 unspecified atom stereocenters. The molecule has 1 amide bonds. The number of morpholine rings is 1. The minimum Gasteiger partial charge on any atom is -0.507 e. The number of hydrogen-bond donors (Lipinski definition) is 1. The lowest BCUT2D eigenvalue weighted by Gasteiger charge is -2.29. The number of rotatable bonds is 9. The number of ether oxygens (including phenoxy) is 4. The second-order valence-electron chi connectivity index (χ2n) is 8.64. The fraction of sp³-hybridized carbons (Fsp3) is 0.407. The molecule has 192 valence electrons. The number of ketones is 1. The Hall–Kier alpha value is -3.56. The number of hydrogen-bond acceptors (Lipinski definition) is 8. The van der Waals surface area contributed by atoms with E-state index < -0.39 is 17.7 Å². The largest absolute Gasteiger partial charge is 0.507 e. The van der Waals surface area contributed by atoms with Gasteiger partial charge in [-0.15, -0.1) is 0 Å². The van der Waals surface area contributed by atoms with Gasteiger partial charge in [0.1, 0.15) is 23.0 Å². The van der Waals surface area contributed by atoms with Crippen LogP contribution in [0.5, 0.6) is 17.2 Å². The summed E-state index contributed by atoms with van der Waals surface area (Å²) in [5.41, 5.74) is 1.04. The van der Waals surface area contributed by atoms with Crippen molar-refractivity contribution in [3.8, 4) is 17.2 Å². The van der Waals surface area contributed by atoms with Gasteiger partial charge in [0, 0.05) is 43.4 Å². The van der Waals surface area contributed by atoms with Crippen LogP contribution < -0.4 is 14.2 Å². The van der Waals surface area contributed by atoms with Gasteiger partial charge in [-0.3, -0.25) is 14.5 Å². The first-order valence-corrected chi connectivity index (χ1v) is 11.9. The van der Waals surface area contributed by atoms with Crippen LogP contribution >= 0.6 is 0 Å². The first-order valence-electron chi connectivity index (χ1n) is 11.9. The molecule has 2 fully saturated rings. The van der Waals surface area contributed by atoms with Crippen LogP contribution in [0.3, 0.4) is 0 Å². The zero-order chi connectivity index (χ0) is 25.7. The molecule has 36 heavy (non-hydrogen) atoms. The van der Waals surface area contributed by atoms with Crippen LogP contribution in [0.1, 0.15) is 23.6 Å². The van der Waals surface area contributed by atoms with Crippen LogP contribution in [-0.2, 0) is 14.3 Å². The van der Waals surface area contributed by atoms with Gasteiger partial charge in [0.05, 0.1) is 46.2 Å². The summed E-state index contributed by atoms with van der Waals surface area (Å²) in [5, 5.41) is 11.3. The van der Waals surface area contributed by atoms with Crippen molar-refractivity contribution in [2.24, 2.45) is 0 Å². The lowest BCUT2D eigenvalue weighted by molar-refractivity contribution is -0.140. The molecule has 0 aromatic heterocycles. The average Bonchev–Trinajstić information content (AvgIpc) is 3.17. The molecular weight excluding hydrogens is 464 g/mol. The van der Waals surface area contributed by atoms with Gasteiger partial charge in [0.15, 0.2) is 0 Å². The lowest BCUT2D eigenvalue weighted by atomic mass is 9.94. The number of benzene rings is 2. The van der Waals surface area contributed by atoms with E-state index in [-0.39, 0.29) is 11.3 Å². The third kappa shape index (κ3) is 5.17. The van der Waals surface area contributed by atoms with E-state index in [9.17, 15) is 14.7 Å². The van der Waals surface area contributed by atoms with Crippen molar-refractivity contribution in [1.82, 2.24) is 9.80 Å². The monoisotopic (exact) mass is 496 g/mol. The van der Waals surface area contributed by atoms with Crippen molar-refractivity contribution in [1.29, 1.82) is 0 Å². The van der Waals surface area contributed by atoms with Crippen LogP contribution in [0.2, 0.25) is 0 Å². The van der Waals surface area contributed by atoms with E-state index in [0.717, 1.165) is 19.6 Å². The maximum Gasteiger partial charge on any atom is 0.295 e. The number of nitrogens with zero attached hydrogens (tertiary/aromatic N) is 2. The molecule has 2 aliphatic rings. The van der Waals surface area contributed by atoms with Crippen molar-refractivity contribution in [2.45, 2.75) is 12.5 Å². The van der Waals surface area contributed by atoms with Gasteiger partial charge in [0.2, 0.25) is 0 Å². The molecule has 2 saturated heterocycles. The summed E-state index contributed by atoms with van der Waals surface area (Å²) in [5.74, 6) is 0.0422. The molecule has 2 aromatic rings. The van der Waals surface area contributed by atoms with Gasteiger partial charge in [-0.05, 0) is 42.8 Å². The van der Waals surface area contributed by atoms with Crippen molar-refractivity contribution in [2.75, 3.05) is 60.7 Å². The number of methoxy groups -OCH3 is 3. The maximum absolute atomic E-state index is 13.3.